The van der Waals surface area contributed by atoms with Crippen LogP contribution in [0.2, 0.25) is 0 Å². The van der Waals surface area contributed by atoms with Gasteiger partial charge in [-0.25, -0.2) is 0 Å². The van der Waals surface area contributed by atoms with Crippen LogP contribution in [0.15, 0.2) is 0 Å². The molecule has 0 radical (unpaired) electrons. The van der Waals surface area contributed by atoms with Crippen molar-refractivity contribution in [3.8, 4) is 0 Å². The highest BCUT2D eigenvalue weighted by Crippen LogP contribution is 2.18. The zero-order valence-corrected chi connectivity index (χ0v) is 6.43. The average molecular weight is 155 g/mol. The molecule has 2 nitrogen and oxygen atoms in total. The number of hydrogen-bond acceptors (Lipinski definition) is 4. The Balaban J connectivity index is 2.53. The van der Waals surface area contributed by atoms with Gasteiger partial charge < -0.3 is 11.5 Å². The molecule has 0 aromatic rings. The van der Waals surface area contributed by atoms with E-state index in [-0.39, 0.29) is 0 Å². The molecule has 0 fully saturated rings. The summed E-state index contributed by atoms with van der Waals surface area (Å²) < 4.78 is 0. The third-order valence-corrected chi connectivity index (χ3v) is 2.96. The number of nitrogens with two attached hydrogens (primary N) is 2. The lowest BCUT2D eigenvalue weighted by atomic mass is 10.8. The van der Waals surface area contributed by atoms with Crippen molar-refractivity contribution in [2.24, 2.45) is 11.5 Å². The molecule has 8 heavy (non-hydrogen) atoms. The second kappa shape index (κ2) is 7.62. The Bertz CT molecular complexity index is 37.0. The lowest BCUT2D eigenvalue weighted by Crippen LogP contribution is -2.02. The topological polar surface area (TPSA) is 52.0 Å². The zero-order chi connectivity index (χ0) is 6.24. The van der Waals surface area contributed by atoms with Crippen molar-refractivity contribution in [2.45, 2.75) is 0 Å². The summed E-state index contributed by atoms with van der Waals surface area (Å²) in [5.41, 5.74) is 10.5. The van der Waals surface area contributed by atoms with E-state index < -0.39 is 0 Å². The molecule has 0 unspecified atom stereocenters. The molecular formula is C4H12N2S2. The maximum atomic E-state index is 5.25. The number of hydrogen-bond donors (Lipinski definition) is 2. The smallest absolute Gasteiger partial charge is 0.0160 e. The van der Waals surface area contributed by atoms with E-state index in [9.17, 15) is 0 Å². The largest absolute Gasteiger partial charge is 0.330 e. The summed E-state index contributed by atoms with van der Waals surface area (Å²) in [6.45, 7) is 1.53. The van der Waals surface area contributed by atoms with Gasteiger partial charge in [0.25, 0.3) is 0 Å². The lowest BCUT2D eigenvalue weighted by molar-refractivity contribution is 1.15. The Morgan fingerprint density at radius 2 is 2.00 bits per heavy atom. The van der Waals surface area contributed by atoms with Gasteiger partial charge in [-0.05, 0) is 0 Å². The van der Waals surface area contributed by atoms with Gasteiger partial charge in [0.15, 0.2) is 0 Å². The van der Waals surface area contributed by atoms with Crippen molar-refractivity contribution in [1.29, 1.82) is 0 Å². The summed E-state index contributed by atoms with van der Waals surface area (Å²) in [6, 6.07) is 0. The molecule has 0 bridgehead atoms. The Kier molecular flexibility index (Phi) is 8.21. The zero-order valence-electron chi connectivity index (χ0n) is 4.80. The van der Waals surface area contributed by atoms with E-state index >= 15 is 0 Å². The van der Waals surface area contributed by atoms with Gasteiger partial charge in [-0.1, -0.05) is 21.6 Å². The molecule has 4 N–H and O–H groups in total. The van der Waals surface area contributed by atoms with E-state index in [0.29, 0.717) is 0 Å². The van der Waals surface area contributed by atoms with Crippen LogP contribution in [0, 0.1) is 0 Å². The summed E-state index contributed by atoms with van der Waals surface area (Å²) in [7, 11) is 3.58. The van der Waals surface area contributed by atoms with Crippen LogP contribution < -0.4 is 11.5 Å². The average Bonchev–Trinajstić information content (AvgIpc) is 1.81. The summed E-state index contributed by atoms with van der Waals surface area (Å²) in [5, 5.41) is 0. The predicted octanol–water partition coefficient (Wildman–Crippen LogP) is 0.285. The highest BCUT2D eigenvalue weighted by molar-refractivity contribution is 8.76. The second-order valence-electron chi connectivity index (χ2n) is 1.22. The van der Waals surface area contributed by atoms with Crippen molar-refractivity contribution >= 4 is 21.6 Å². The van der Waals surface area contributed by atoms with E-state index in [0.717, 1.165) is 24.6 Å². The van der Waals surface area contributed by atoms with Crippen LogP contribution in [0.1, 0.15) is 0 Å². The van der Waals surface area contributed by atoms with E-state index in [4.69, 9.17) is 11.5 Å². The monoisotopic (exact) mass is 155 g/mol. The minimum atomic E-state index is 0.766. The molecule has 0 spiro atoms. The molecule has 0 saturated heterocycles. The maximum absolute atomic E-state index is 5.25. The molecule has 0 aliphatic heterocycles. The van der Waals surface area contributed by atoms with Gasteiger partial charge >= 0.3 is 0 Å². The molecule has 0 aliphatic rings. The van der Waals surface area contributed by atoms with Crippen LogP contribution in [-0.2, 0) is 0 Å². The molecule has 50 valence electrons. The van der Waals surface area contributed by atoms with Crippen LogP contribution in [0.4, 0.5) is 0 Å². The summed E-state index contributed by atoms with van der Waals surface area (Å²) >= 11 is 0. The third-order valence-electron chi connectivity index (χ3n) is 0.486. The van der Waals surface area contributed by atoms with Gasteiger partial charge in [-0.3, -0.25) is 0 Å². The third kappa shape index (κ3) is 6.62. The second-order valence-corrected chi connectivity index (χ2v) is 3.92. The van der Waals surface area contributed by atoms with Crippen molar-refractivity contribution in [3.05, 3.63) is 0 Å². The quantitative estimate of drug-likeness (QED) is 0.442. The summed E-state index contributed by atoms with van der Waals surface area (Å²) in [5.74, 6) is 2.06. The first kappa shape index (κ1) is 8.62. The first-order chi connectivity index (χ1) is 3.91. The highest BCUT2D eigenvalue weighted by atomic mass is 35.3. The van der Waals surface area contributed by atoms with Gasteiger partial charge in [0, 0.05) is 24.6 Å². The molecule has 4 heteroatoms. The van der Waals surface area contributed by atoms with Gasteiger partial charge in [-0.2, -0.15) is 0 Å². The first-order valence-electron chi connectivity index (χ1n) is 2.56. The minimum absolute atomic E-state index is 0.766. The number of rotatable bonds is 5. The molecule has 0 aromatic heterocycles. The highest BCUT2D eigenvalue weighted by Gasteiger charge is 1.84. The van der Waals surface area contributed by atoms with E-state index in [1.807, 2.05) is 0 Å². The van der Waals surface area contributed by atoms with Crippen molar-refractivity contribution in [1.82, 2.24) is 0 Å². The van der Waals surface area contributed by atoms with Crippen LogP contribution in [-0.4, -0.2) is 24.6 Å². The molecular weight excluding hydrogens is 143 g/mol. The van der Waals surface area contributed by atoms with Crippen LogP contribution in [0.5, 0.6) is 0 Å². The molecule has 0 rings (SSSR count). The van der Waals surface area contributed by atoms with Gasteiger partial charge in [0.2, 0.25) is 0 Å². The SMILES string of the molecule is NCCS[35S]CCN. The Labute approximate surface area is 58.2 Å². The van der Waals surface area contributed by atoms with Crippen molar-refractivity contribution < 1.29 is 0 Å². The van der Waals surface area contributed by atoms with Crippen LogP contribution >= 0.6 is 21.6 Å². The van der Waals surface area contributed by atoms with Crippen LogP contribution in [0.3, 0.4) is 0 Å². The van der Waals surface area contributed by atoms with E-state index in [2.05, 4.69) is 0 Å². The fraction of sp³-hybridized carbons (Fsp3) is 1.00. The Morgan fingerprint density at radius 3 is 2.50 bits per heavy atom. The molecule has 0 aromatic carbocycles. The molecule has 0 heterocycles. The molecule has 0 atom stereocenters. The standard InChI is InChI=1S/C4H12N2S2/c5-1-3-7-8-4-2-6/h1-6H2/i7+3. The molecule has 0 amide bonds. The van der Waals surface area contributed by atoms with Crippen LogP contribution in [0.25, 0.3) is 0 Å². The van der Waals surface area contributed by atoms with Crippen molar-refractivity contribution in [3.63, 3.8) is 0 Å². The van der Waals surface area contributed by atoms with E-state index in [1.165, 1.54) is 0 Å². The normalized spacial score (nSPS) is 9.75. The molecule has 0 aliphatic carbocycles. The predicted molar refractivity (Wildman–Crippen MR) is 43.0 cm³/mol. The Morgan fingerprint density at radius 1 is 1.25 bits per heavy atom. The minimum Gasteiger partial charge on any atom is -0.330 e. The Hall–Kier alpha value is 0.620. The van der Waals surface area contributed by atoms with Gasteiger partial charge in [-0.15, -0.1) is 0 Å². The summed E-state index contributed by atoms with van der Waals surface area (Å²) in [4.78, 5) is 0. The van der Waals surface area contributed by atoms with Gasteiger partial charge in [0.1, 0.15) is 0 Å². The fourth-order valence-corrected chi connectivity index (χ4v) is 1.93. The lowest BCUT2D eigenvalue weighted by Gasteiger charge is -1.93. The fourth-order valence-electron chi connectivity index (χ4n) is 0.214. The van der Waals surface area contributed by atoms with Gasteiger partial charge in [0.05, 0.1) is 0 Å². The molecule has 0 saturated carbocycles. The summed E-state index contributed by atoms with van der Waals surface area (Å²) in [6.07, 6.45) is 0. The first-order valence-corrected chi connectivity index (χ1v) is 5.05. The van der Waals surface area contributed by atoms with Crippen molar-refractivity contribution in [2.75, 3.05) is 24.6 Å². The van der Waals surface area contributed by atoms with E-state index in [1.54, 1.807) is 21.6 Å². The maximum Gasteiger partial charge on any atom is 0.0160 e.